The van der Waals surface area contributed by atoms with Crippen molar-refractivity contribution in [3.05, 3.63) is 95.1 Å². The van der Waals surface area contributed by atoms with Crippen molar-refractivity contribution in [3.63, 3.8) is 0 Å². The Hall–Kier alpha value is -3.11. The lowest BCUT2D eigenvalue weighted by molar-refractivity contribution is 0.0958. The number of ether oxygens (including phenoxy) is 1. The van der Waals surface area contributed by atoms with Gasteiger partial charge in [0.15, 0.2) is 0 Å². The average Bonchev–Trinajstić information content (AvgIpc) is 2.82. The Kier molecular flexibility index (Phi) is 6.91. The highest BCUT2D eigenvalue weighted by Gasteiger charge is 2.30. The summed E-state index contributed by atoms with van der Waals surface area (Å²) in [6.45, 7) is 6.98. The molecule has 4 rings (SSSR count). The van der Waals surface area contributed by atoms with Crippen molar-refractivity contribution in [1.82, 2.24) is 4.90 Å². The van der Waals surface area contributed by atoms with Crippen LogP contribution in [0.5, 0.6) is 5.75 Å². The van der Waals surface area contributed by atoms with Crippen molar-refractivity contribution >= 4 is 11.6 Å². The number of amides is 1. The van der Waals surface area contributed by atoms with Gasteiger partial charge in [-0.2, -0.15) is 0 Å². The molecule has 0 spiro atoms. The van der Waals surface area contributed by atoms with Gasteiger partial charge < -0.3 is 9.64 Å². The summed E-state index contributed by atoms with van der Waals surface area (Å²) < 4.78 is 5.26. The van der Waals surface area contributed by atoms with E-state index in [2.05, 4.69) is 48.2 Å². The first kappa shape index (κ1) is 22.1. The number of carbonyl (C=O) groups is 1. The molecule has 1 amide bonds. The molecule has 0 saturated carbocycles. The molecule has 0 atom stereocenters. The van der Waals surface area contributed by atoms with Crippen molar-refractivity contribution in [3.8, 4) is 5.75 Å². The number of carbonyl (C=O) groups excluding carboxylic acids is 1. The molecular weight excluding hydrogens is 396 g/mol. The predicted molar refractivity (Wildman–Crippen MR) is 130 cm³/mol. The fraction of sp³-hybridized carbons (Fsp3) is 0.321. The number of aryl methyl sites for hydroxylation is 2. The number of likely N-dealkylation sites (tertiary alicyclic amines) is 1. The lowest BCUT2D eigenvalue weighted by Crippen LogP contribution is -2.47. The Balaban J connectivity index is 1.49. The van der Waals surface area contributed by atoms with Crippen LogP contribution in [0.25, 0.3) is 0 Å². The number of nitrogens with zero attached hydrogens (tertiary/aromatic N) is 2. The van der Waals surface area contributed by atoms with E-state index in [0.717, 1.165) is 55.0 Å². The number of rotatable bonds is 6. The Bertz CT molecular complexity index is 1040. The van der Waals surface area contributed by atoms with Crippen molar-refractivity contribution < 1.29 is 9.53 Å². The number of hydrogen-bond acceptors (Lipinski definition) is 3. The maximum Gasteiger partial charge on any atom is 0.258 e. The fourth-order valence-electron chi connectivity index (χ4n) is 4.44. The maximum atomic E-state index is 13.6. The molecule has 3 aromatic carbocycles. The molecule has 166 valence electrons. The first-order valence-electron chi connectivity index (χ1n) is 11.4. The van der Waals surface area contributed by atoms with E-state index < -0.39 is 0 Å². The molecule has 0 N–H and O–H groups in total. The molecule has 1 saturated heterocycles. The van der Waals surface area contributed by atoms with Crippen molar-refractivity contribution in [2.45, 2.75) is 39.3 Å². The van der Waals surface area contributed by atoms with E-state index in [1.54, 1.807) is 7.11 Å². The second-order valence-electron chi connectivity index (χ2n) is 8.74. The quantitative estimate of drug-likeness (QED) is 0.511. The third kappa shape index (κ3) is 5.20. The minimum atomic E-state index is 0.0890. The summed E-state index contributed by atoms with van der Waals surface area (Å²) in [4.78, 5) is 18.1. The fourth-order valence-corrected chi connectivity index (χ4v) is 4.44. The topological polar surface area (TPSA) is 32.8 Å². The van der Waals surface area contributed by atoms with Crippen LogP contribution in [0.2, 0.25) is 0 Å². The second-order valence-corrected chi connectivity index (χ2v) is 8.74. The number of benzene rings is 3. The zero-order valence-electron chi connectivity index (χ0n) is 19.3. The molecule has 3 aromatic rings. The summed E-state index contributed by atoms with van der Waals surface area (Å²) in [7, 11) is 1.69. The van der Waals surface area contributed by atoms with Gasteiger partial charge in [-0.1, -0.05) is 47.5 Å². The van der Waals surface area contributed by atoms with Crippen LogP contribution in [0, 0.1) is 13.8 Å². The number of anilines is 1. The Morgan fingerprint density at radius 3 is 2.25 bits per heavy atom. The van der Waals surface area contributed by atoms with Gasteiger partial charge in [0, 0.05) is 36.9 Å². The van der Waals surface area contributed by atoms with Crippen LogP contribution in [0.4, 0.5) is 5.69 Å². The van der Waals surface area contributed by atoms with Crippen LogP contribution < -0.4 is 9.64 Å². The molecule has 32 heavy (non-hydrogen) atoms. The maximum absolute atomic E-state index is 13.6. The van der Waals surface area contributed by atoms with Gasteiger partial charge in [0.1, 0.15) is 5.75 Å². The normalized spacial score (nSPS) is 14.8. The Morgan fingerprint density at radius 1 is 0.938 bits per heavy atom. The van der Waals surface area contributed by atoms with Gasteiger partial charge in [-0.15, -0.1) is 0 Å². The molecule has 1 aliphatic rings. The van der Waals surface area contributed by atoms with Crippen LogP contribution >= 0.6 is 0 Å². The highest BCUT2D eigenvalue weighted by Crippen LogP contribution is 2.27. The summed E-state index contributed by atoms with van der Waals surface area (Å²) in [5, 5.41) is 0. The average molecular weight is 429 g/mol. The summed E-state index contributed by atoms with van der Waals surface area (Å²) in [6, 6.07) is 24.7. The first-order valence-corrected chi connectivity index (χ1v) is 11.4. The minimum Gasteiger partial charge on any atom is -0.497 e. The van der Waals surface area contributed by atoms with Gasteiger partial charge in [-0.25, -0.2) is 0 Å². The molecule has 0 bridgehead atoms. The Morgan fingerprint density at radius 2 is 1.62 bits per heavy atom. The molecule has 0 unspecified atom stereocenters. The Labute approximate surface area is 191 Å². The largest absolute Gasteiger partial charge is 0.497 e. The number of piperidine rings is 1. The van der Waals surface area contributed by atoms with E-state index in [0.29, 0.717) is 0 Å². The van der Waals surface area contributed by atoms with Gasteiger partial charge in [-0.05, 0) is 68.7 Å². The summed E-state index contributed by atoms with van der Waals surface area (Å²) in [5.41, 5.74) is 5.33. The van der Waals surface area contributed by atoms with Gasteiger partial charge in [0.05, 0.1) is 7.11 Å². The van der Waals surface area contributed by atoms with E-state index >= 15 is 0 Å². The van der Waals surface area contributed by atoms with E-state index in [1.165, 1.54) is 11.1 Å². The molecule has 1 fully saturated rings. The van der Waals surface area contributed by atoms with Crippen LogP contribution in [0.15, 0.2) is 72.8 Å². The lowest BCUT2D eigenvalue weighted by Gasteiger charge is -2.39. The van der Waals surface area contributed by atoms with E-state index in [9.17, 15) is 4.79 Å². The highest BCUT2D eigenvalue weighted by atomic mass is 16.5. The molecule has 0 aromatic heterocycles. The smallest absolute Gasteiger partial charge is 0.258 e. The minimum absolute atomic E-state index is 0.0890. The standard InChI is InChI=1S/C28H32N2O2/c1-21-7-11-25(12-8-21)30(28(31)24-6-4-5-22(2)19-24)26-15-17-29(18-16-26)20-23-9-13-27(32-3)14-10-23/h4-14,19,26H,15-18,20H2,1-3H3. The lowest BCUT2D eigenvalue weighted by atomic mass is 9.99. The van der Waals surface area contributed by atoms with Crippen molar-refractivity contribution in [2.75, 3.05) is 25.1 Å². The van der Waals surface area contributed by atoms with Gasteiger partial charge in [0.2, 0.25) is 0 Å². The first-order chi connectivity index (χ1) is 15.5. The summed E-state index contributed by atoms with van der Waals surface area (Å²) >= 11 is 0. The number of methoxy groups -OCH3 is 1. The molecule has 4 nitrogen and oxygen atoms in total. The molecule has 0 radical (unpaired) electrons. The number of hydrogen-bond donors (Lipinski definition) is 0. The monoisotopic (exact) mass is 428 g/mol. The summed E-state index contributed by atoms with van der Waals surface area (Å²) in [6.07, 6.45) is 1.92. The zero-order chi connectivity index (χ0) is 22.5. The zero-order valence-corrected chi connectivity index (χ0v) is 19.3. The second kappa shape index (κ2) is 10.0. The van der Waals surface area contributed by atoms with Crippen molar-refractivity contribution in [1.29, 1.82) is 0 Å². The van der Waals surface area contributed by atoms with E-state index in [4.69, 9.17) is 4.74 Å². The van der Waals surface area contributed by atoms with Gasteiger partial charge in [-0.3, -0.25) is 9.69 Å². The van der Waals surface area contributed by atoms with E-state index in [-0.39, 0.29) is 11.9 Å². The van der Waals surface area contributed by atoms with Crippen LogP contribution in [0.3, 0.4) is 0 Å². The van der Waals surface area contributed by atoms with E-state index in [1.807, 2.05) is 48.2 Å². The molecular formula is C28H32N2O2. The third-order valence-electron chi connectivity index (χ3n) is 6.28. The molecule has 1 heterocycles. The highest BCUT2D eigenvalue weighted by molar-refractivity contribution is 6.06. The van der Waals surface area contributed by atoms with Crippen molar-refractivity contribution in [2.24, 2.45) is 0 Å². The SMILES string of the molecule is COc1ccc(CN2CCC(N(C(=O)c3cccc(C)c3)c3ccc(C)cc3)CC2)cc1. The van der Waals surface area contributed by atoms with Crippen LogP contribution in [-0.4, -0.2) is 37.0 Å². The molecule has 4 heteroatoms. The molecule has 0 aliphatic carbocycles. The van der Waals surface area contributed by atoms with Gasteiger partial charge >= 0.3 is 0 Å². The van der Waals surface area contributed by atoms with Crippen LogP contribution in [0.1, 0.15) is 39.9 Å². The third-order valence-corrected chi connectivity index (χ3v) is 6.28. The van der Waals surface area contributed by atoms with Crippen LogP contribution in [-0.2, 0) is 6.54 Å². The molecule has 1 aliphatic heterocycles. The predicted octanol–water partition coefficient (Wildman–Crippen LogP) is 5.62. The van der Waals surface area contributed by atoms with Gasteiger partial charge in [0.25, 0.3) is 5.91 Å². The summed E-state index contributed by atoms with van der Waals surface area (Å²) in [5.74, 6) is 0.974.